The minimum Gasteiger partial charge on any atom is -0.380 e. The van der Waals surface area contributed by atoms with Crippen molar-refractivity contribution < 1.29 is 4.79 Å². The molecule has 33 heavy (non-hydrogen) atoms. The molecule has 1 N–H and O–H groups in total. The molecule has 6 rings (SSSR count). The standard InChI is InChI=1S/C25H29BrN4O2S/c1-14-17-10-15(25(17,2)3)11-19(14)28-20-12-27-30(24(32)23(20)26)13-16(31)8-9-22-29-18-6-4-5-7-21(18)33-22/h4-7,12,14-15,17,19,28H,8-11,13H2,1-3H3/t14-,15-,17+,19-/m1/s1. The van der Waals surface area contributed by atoms with E-state index in [1.165, 1.54) is 11.1 Å². The Bertz CT molecular complexity index is 1230. The summed E-state index contributed by atoms with van der Waals surface area (Å²) in [5.41, 5.74) is 1.82. The number of rotatable bonds is 7. The highest BCUT2D eigenvalue weighted by molar-refractivity contribution is 9.10. The van der Waals surface area contributed by atoms with Gasteiger partial charge in [0.25, 0.3) is 5.56 Å². The number of carbonyl (C=O) groups is 1. The van der Waals surface area contributed by atoms with Crippen molar-refractivity contribution in [3.63, 3.8) is 0 Å². The van der Waals surface area contributed by atoms with Gasteiger partial charge in [-0.3, -0.25) is 9.59 Å². The van der Waals surface area contributed by atoms with Crippen molar-refractivity contribution in [1.82, 2.24) is 14.8 Å². The van der Waals surface area contributed by atoms with Crippen molar-refractivity contribution >= 4 is 49.0 Å². The summed E-state index contributed by atoms with van der Waals surface area (Å²) < 4.78 is 2.82. The maximum absolute atomic E-state index is 12.9. The molecular formula is C25H29BrN4O2S. The van der Waals surface area contributed by atoms with Gasteiger partial charge in [-0.2, -0.15) is 5.10 Å². The molecule has 2 heterocycles. The van der Waals surface area contributed by atoms with E-state index in [4.69, 9.17) is 0 Å². The fourth-order valence-electron chi connectivity index (χ4n) is 5.74. The molecule has 1 aromatic carbocycles. The fraction of sp³-hybridized carbons (Fsp3) is 0.520. The van der Waals surface area contributed by atoms with E-state index in [0.29, 0.717) is 46.3 Å². The van der Waals surface area contributed by atoms with Gasteiger partial charge in [-0.1, -0.05) is 32.9 Å². The Hall–Kier alpha value is -2.06. The summed E-state index contributed by atoms with van der Waals surface area (Å²) in [6.45, 7) is 7.04. The van der Waals surface area contributed by atoms with Crippen LogP contribution in [0, 0.1) is 23.2 Å². The second kappa shape index (κ2) is 8.62. The molecule has 0 spiro atoms. The Labute approximate surface area is 205 Å². The first kappa shape index (κ1) is 22.7. The largest absolute Gasteiger partial charge is 0.380 e. The Balaban J connectivity index is 1.21. The van der Waals surface area contributed by atoms with E-state index in [-0.39, 0.29) is 17.9 Å². The van der Waals surface area contributed by atoms with Gasteiger partial charge < -0.3 is 5.32 Å². The molecule has 2 bridgehead atoms. The van der Waals surface area contributed by atoms with Gasteiger partial charge >= 0.3 is 0 Å². The van der Waals surface area contributed by atoms with E-state index in [2.05, 4.69) is 52.1 Å². The summed E-state index contributed by atoms with van der Waals surface area (Å²) in [5, 5.41) is 8.80. The van der Waals surface area contributed by atoms with E-state index >= 15 is 0 Å². The summed E-state index contributed by atoms with van der Waals surface area (Å²) in [6.07, 6.45) is 5.01. The van der Waals surface area contributed by atoms with Crippen LogP contribution in [0.4, 0.5) is 5.69 Å². The Morgan fingerprint density at radius 1 is 1.30 bits per heavy atom. The van der Waals surface area contributed by atoms with Crippen LogP contribution in [0.15, 0.2) is 39.7 Å². The molecule has 3 aromatic rings. The van der Waals surface area contributed by atoms with Gasteiger partial charge in [-0.15, -0.1) is 11.3 Å². The molecule has 3 aliphatic carbocycles. The number of hydrogen-bond donors (Lipinski definition) is 1. The second-order valence-corrected chi connectivity index (χ2v) is 12.1. The van der Waals surface area contributed by atoms with Gasteiger partial charge in [0.2, 0.25) is 0 Å². The maximum Gasteiger partial charge on any atom is 0.283 e. The predicted octanol–water partition coefficient (Wildman–Crippen LogP) is 5.30. The zero-order valence-corrected chi connectivity index (χ0v) is 21.6. The molecule has 4 atom stereocenters. The van der Waals surface area contributed by atoms with Gasteiger partial charge in [0.15, 0.2) is 5.78 Å². The monoisotopic (exact) mass is 528 g/mol. The van der Waals surface area contributed by atoms with Crippen LogP contribution in [0.2, 0.25) is 0 Å². The van der Waals surface area contributed by atoms with Gasteiger partial charge in [-0.05, 0) is 64.1 Å². The van der Waals surface area contributed by atoms with E-state index in [9.17, 15) is 9.59 Å². The molecule has 0 aliphatic heterocycles. The van der Waals surface area contributed by atoms with E-state index < -0.39 is 0 Å². The minimum atomic E-state index is -0.276. The number of thiazole rings is 1. The molecule has 174 valence electrons. The van der Waals surface area contributed by atoms with Gasteiger partial charge in [0, 0.05) is 18.9 Å². The Kier molecular flexibility index (Phi) is 5.93. The third-order valence-corrected chi connectivity index (χ3v) is 9.82. The van der Waals surface area contributed by atoms with Crippen molar-refractivity contribution in [2.45, 2.75) is 59.0 Å². The highest BCUT2D eigenvalue weighted by atomic mass is 79.9. The number of nitrogens with one attached hydrogen (secondary N) is 1. The maximum atomic E-state index is 12.9. The number of halogens is 1. The SMILES string of the molecule is C[C@H]1[C@H](Nc2cnn(CC(=O)CCc3nc4ccccc4s3)c(=O)c2Br)C[C@H]2C[C@@H]1C2(C)C. The number of anilines is 1. The van der Waals surface area contributed by atoms with Crippen LogP contribution in [0.3, 0.4) is 0 Å². The highest BCUT2D eigenvalue weighted by Gasteiger charge is 2.56. The molecule has 0 amide bonds. The van der Waals surface area contributed by atoms with Gasteiger partial charge in [-0.25, -0.2) is 9.67 Å². The molecule has 6 nitrogen and oxygen atoms in total. The zero-order chi connectivity index (χ0) is 23.3. The number of aromatic nitrogens is 3. The molecule has 0 radical (unpaired) electrons. The number of fused-ring (bicyclic) bond motifs is 3. The number of nitrogens with zero attached hydrogens (tertiary/aromatic N) is 3. The smallest absolute Gasteiger partial charge is 0.283 e. The lowest BCUT2D eigenvalue weighted by Crippen LogP contribution is -2.58. The quantitative estimate of drug-likeness (QED) is 0.450. The number of carbonyl (C=O) groups excluding carboxylic acids is 1. The summed E-state index contributed by atoms with van der Waals surface area (Å²) in [6, 6.07) is 8.30. The average molecular weight is 530 g/mol. The van der Waals surface area contributed by atoms with Crippen LogP contribution in [0.5, 0.6) is 0 Å². The van der Waals surface area contributed by atoms with Crippen LogP contribution < -0.4 is 10.9 Å². The first-order valence-corrected chi connectivity index (χ1v) is 13.2. The number of ketones is 1. The number of hydrogen-bond acceptors (Lipinski definition) is 6. The molecule has 3 aliphatic rings. The van der Waals surface area contributed by atoms with Crippen LogP contribution in [0.25, 0.3) is 10.2 Å². The first-order valence-electron chi connectivity index (χ1n) is 11.6. The average Bonchev–Trinajstić information content (AvgIpc) is 3.21. The third-order valence-electron chi connectivity index (χ3n) is 7.96. The number of aryl methyl sites for hydroxylation is 1. The normalized spacial score (nSPS) is 25.6. The summed E-state index contributed by atoms with van der Waals surface area (Å²) in [5.74, 6) is 1.97. The van der Waals surface area contributed by atoms with Gasteiger partial charge in [0.05, 0.1) is 27.1 Å². The number of benzene rings is 1. The van der Waals surface area contributed by atoms with E-state index in [1.54, 1.807) is 17.5 Å². The van der Waals surface area contributed by atoms with E-state index in [1.807, 2.05) is 24.3 Å². The number of Topliss-reactive ketones (excluding diaryl/α,β-unsaturated/α-hetero) is 1. The van der Waals surface area contributed by atoms with Crippen LogP contribution >= 0.6 is 27.3 Å². The predicted molar refractivity (Wildman–Crippen MR) is 136 cm³/mol. The lowest BCUT2D eigenvalue weighted by Gasteiger charge is -2.62. The molecule has 0 unspecified atom stereocenters. The lowest BCUT2D eigenvalue weighted by molar-refractivity contribution is -0.119. The molecule has 2 aromatic heterocycles. The molecule has 8 heteroatoms. The van der Waals surface area contributed by atoms with Crippen LogP contribution in [-0.2, 0) is 17.8 Å². The van der Waals surface area contributed by atoms with Crippen LogP contribution in [-0.4, -0.2) is 26.6 Å². The second-order valence-electron chi connectivity index (χ2n) is 10.2. The topological polar surface area (TPSA) is 76.9 Å². The highest BCUT2D eigenvalue weighted by Crippen LogP contribution is 2.61. The molecular weight excluding hydrogens is 500 g/mol. The number of para-hydroxylation sites is 1. The Morgan fingerprint density at radius 3 is 2.82 bits per heavy atom. The van der Waals surface area contributed by atoms with E-state index in [0.717, 1.165) is 27.6 Å². The van der Waals surface area contributed by atoms with Crippen LogP contribution in [0.1, 0.15) is 45.0 Å². The Morgan fingerprint density at radius 2 is 2.09 bits per heavy atom. The van der Waals surface area contributed by atoms with Crippen molar-refractivity contribution in [3.05, 3.63) is 50.3 Å². The third kappa shape index (κ3) is 4.16. The minimum absolute atomic E-state index is 0.0270. The van der Waals surface area contributed by atoms with Crippen molar-refractivity contribution in [2.75, 3.05) is 5.32 Å². The first-order chi connectivity index (χ1) is 15.7. The molecule has 3 saturated carbocycles. The zero-order valence-electron chi connectivity index (χ0n) is 19.2. The van der Waals surface area contributed by atoms with Crippen molar-refractivity contribution in [1.29, 1.82) is 0 Å². The summed E-state index contributed by atoms with van der Waals surface area (Å²) in [4.78, 5) is 30.0. The fourth-order valence-corrected chi connectivity index (χ4v) is 7.13. The molecule has 0 saturated heterocycles. The molecule has 3 fully saturated rings. The van der Waals surface area contributed by atoms with Gasteiger partial charge in [0.1, 0.15) is 11.0 Å². The lowest BCUT2D eigenvalue weighted by atomic mass is 9.45. The van der Waals surface area contributed by atoms with Crippen molar-refractivity contribution in [3.8, 4) is 0 Å². The van der Waals surface area contributed by atoms with Crippen molar-refractivity contribution in [2.24, 2.45) is 23.2 Å². The summed E-state index contributed by atoms with van der Waals surface area (Å²) in [7, 11) is 0. The summed E-state index contributed by atoms with van der Waals surface area (Å²) >= 11 is 5.07.